The minimum Gasteiger partial charge on any atom is -0.455 e. The summed E-state index contributed by atoms with van der Waals surface area (Å²) in [5.74, 6) is 0. The van der Waals surface area contributed by atoms with Gasteiger partial charge in [-0.05, 0) is 45.9 Å². The maximum absolute atomic E-state index is 6.33. The second-order valence-corrected chi connectivity index (χ2v) is 8.12. The summed E-state index contributed by atoms with van der Waals surface area (Å²) >= 11 is 0. The Morgan fingerprint density at radius 1 is 0.889 bits per heavy atom. The van der Waals surface area contributed by atoms with Crippen LogP contribution in [-0.2, 0) is 5.31 Å². The van der Waals surface area contributed by atoms with Crippen molar-refractivity contribution in [3.05, 3.63) is 78.5 Å². The van der Waals surface area contributed by atoms with E-state index in [0.29, 0.717) is 0 Å². The molecule has 2 aromatic heterocycles. The van der Waals surface area contributed by atoms with Gasteiger partial charge in [0.1, 0.15) is 19.0 Å². The maximum Gasteiger partial charge on any atom is 0.144 e. The van der Waals surface area contributed by atoms with E-state index in [1.54, 1.807) is 0 Å². The molecule has 0 N–H and O–H groups in total. The van der Waals surface area contributed by atoms with E-state index < -0.39 is 0 Å². The summed E-state index contributed by atoms with van der Waals surface area (Å²) < 4.78 is 6.33. The fourth-order valence-corrected chi connectivity index (χ4v) is 3.81. The first kappa shape index (κ1) is 16.1. The molecule has 0 aliphatic heterocycles. The van der Waals surface area contributed by atoms with Crippen LogP contribution in [0.25, 0.3) is 44.0 Å². The van der Waals surface area contributed by atoms with Gasteiger partial charge in [-0.15, -0.1) is 0 Å². The Labute approximate surface area is 159 Å². The van der Waals surface area contributed by atoms with E-state index >= 15 is 0 Å². The van der Waals surface area contributed by atoms with Crippen LogP contribution in [0.2, 0.25) is 0 Å². The maximum atomic E-state index is 6.33. The lowest BCUT2D eigenvalue weighted by Crippen LogP contribution is -2.16. The van der Waals surface area contributed by atoms with Crippen LogP contribution in [0, 0.1) is 0 Å². The number of hydrogen-bond acceptors (Lipinski definition) is 2. The van der Waals surface area contributed by atoms with Gasteiger partial charge in [0.2, 0.25) is 0 Å². The summed E-state index contributed by atoms with van der Waals surface area (Å²) in [5.41, 5.74) is 5.09. The van der Waals surface area contributed by atoms with Crippen LogP contribution in [0.1, 0.15) is 19.4 Å². The van der Waals surface area contributed by atoms with Crippen molar-refractivity contribution >= 4 is 40.6 Å². The second kappa shape index (κ2) is 5.72. The van der Waals surface area contributed by atoms with E-state index in [0.717, 1.165) is 27.8 Å². The zero-order valence-corrected chi connectivity index (χ0v) is 15.8. The summed E-state index contributed by atoms with van der Waals surface area (Å²) in [4.78, 5) is 4.65. The van der Waals surface area contributed by atoms with Crippen molar-refractivity contribution in [3.8, 4) is 11.3 Å². The normalized spacial score (nSPS) is 12.2. The minimum absolute atomic E-state index is 0.0790. The third-order valence-corrected chi connectivity index (χ3v) is 5.29. The van der Waals surface area contributed by atoms with Gasteiger partial charge in [-0.2, -0.15) is 0 Å². The molecule has 3 aromatic carbocycles. The molecule has 0 unspecified atom stereocenters. The van der Waals surface area contributed by atoms with Gasteiger partial charge in [0.15, 0.2) is 0 Å². The number of para-hydroxylation sites is 1. The average molecular weight is 349 g/mol. The third-order valence-electron chi connectivity index (χ3n) is 5.29. The zero-order valence-electron chi connectivity index (χ0n) is 15.8. The molecule has 0 atom stereocenters. The topological polar surface area (TPSA) is 26.0 Å². The Balaban J connectivity index is 1.84. The van der Waals surface area contributed by atoms with Gasteiger partial charge in [-0.3, -0.25) is 4.98 Å². The van der Waals surface area contributed by atoms with Crippen molar-refractivity contribution < 1.29 is 4.42 Å². The lowest BCUT2D eigenvalue weighted by molar-refractivity contribution is 0.670. The number of fused-ring (bicyclic) bond motifs is 5. The van der Waals surface area contributed by atoms with Gasteiger partial charge in [0.05, 0.1) is 5.69 Å². The molecular formula is C24H20BNO. The number of benzene rings is 3. The van der Waals surface area contributed by atoms with Gasteiger partial charge < -0.3 is 4.42 Å². The Morgan fingerprint density at radius 3 is 2.56 bits per heavy atom. The Morgan fingerprint density at radius 2 is 1.70 bits per heavy atom. The molecule has 0 saturated heterocycles. The van der Waals surface area contributed by atoms with Gasteiger partial charge in [-0.25, -0.2) is 0 Å². The molecule has 2 nitrogen and oxygen atoms in total. The number of pyridine rings is 1. The molecule has 0 saturated carbocycles. The van der Waals surface area contributed by atoms with Crippen molar-refractivity contribution in [2.75, 3.05) is 0 Å². The van der Waals surface area contributed by atoms with Crippen LogP contribution in [-0.4, -0.2) is 12.8 Å². The first-order valence-corrected chi connectivity index (χ1v) is 9.32. The summed E-state index contributed by atoms with van der Waals surface area (Å²) in [6, 6.07) is 23.3. The molecule has 0 aliphatic rings. The Kier molecular flexibility index (Phi) is 3.42. The number of furan rings is 1. The van der Waals surface area contributed by atoms with Gasteiger partial charge in [0.25, 0.3) is 0 Å². The summed E-state index contributed by atoms with van der Waals surface area (Å²) in [6.07, 6.45) is 1.90. The van der Waals surface area contributed by atoms with E-state index in [-0.39, 0.29) is 5.31 Å². The number of aromatic nitrogens is 1. The van der Waals surface area contributed by atoms with Crippen molar-refractivity contribution in [1.29, 1.82) is 0 Å². The molecule has 27 heavy (non-hydrogen) atoms. The van der Waals surface area contributed by atoms with Crippen LogP contribution in [0.5, 0.6) is 0 Å². The molecular weight excluding hydrogens is 329 g/mol. The molecule has 0 fully saturated rings. The van der Waals surface area contributed by atoms with Crippen molar-refractivity contribution in [2.45, 2.75) is 19.2 Å². The fraction of sp³-hybridized carbons (Fsp3) is 0.125. The summed E-state index contributed by atoms with van der Waals surface area (Å²) in [7, 11) is 2.22. The first-order chi connectivity index (χ1) is 13.0. The molecule has 5 aromatic rings. The molecule has 5 rings (SSSR count). The highest BCUT2D eigenvalue weighted by molar-refractivity contribution is 6.20. The third kappa shape index (κ3) is 2.54. The van der Waals surface area contributed by atoms with Crippen LogP contribution in [0.4, 0.5) is 0 Å². The van der Waals surface area contributed by atoms with Crippen LogP contribution >= 0.6 is 0 Å². The lowest BCUT2D eigenvalue weighted by Gasteiger charge is -2.19. The van der Waals surface area contributed by atoms with Crippen molar-refractivity contribution in [1.82, 2.24) is 4.98 Å². The standard InChI is InChI=1S/C24H20BNO/c1-24(2,25)16-12-13-26-20(14-16)18-8-5-9-19-22-17-7-4-3-6-15(17)10-11-21(22)27-23(18)19/h3-14H,25H2,1-2H3. The van der Waals surface area contributed by atoms with Gasteiger partial charge in [0, 0.05) is 22.5 Å². The summed E-state index contributed by atoms with van der Waals surface area (Å²) in [6.45, 7) is 4.44. The Hall–Kier alpha value is -3.07. The van der Waals surface area contributed by atoms with Crippen molar-refractivity contribution in [3.63, 3.8) is 0 Å². The van der Waals surface area contributed by atoms with E-state index in [9.17, 15) is 0 Å². The fourth-order valence-electron chi connectivity index (χ4n) is 3.81. The predicted molar refractivity (Wildman–Crippen MR) is 116 cm³/mol. The number of rotatable bonds is 2. The highest BCUT2D eigenvalue weighted by atomic mass is 16.3. The van der Waals surface area contributed by atoms with E-state index in [2.05, 4.69) is 93.4 Å². The zero-order chi connectivity index (χ0) is 18.6. The molecule has 0 radical (unpaired) electrons. The van der Waals surface area contributed by atoms with Gasteiger partial charge >= 0.3 is 0 Å². The lowest BCUT2D eigenvalue weighted by atomic mass is 9.67. The van der Waals surface area contributed by atoms with E-state index in [4.69, 9.17) is 4.42 Å². The molecule has 3 heteroatoms. The molecule has 0 bridgehead atoms. The quantitative estimate of drug-likeness (QED) is 0.384. The van der Waals surface area contributed by atoms with E-state index in [1.807, 2.05) is 6.20 Å². The average Bonchev–Trinajstić information content (AvgIpc) is 3.06. The first-order valence-electron chi connectivity index (χ1n) is 9.32. The SMILES string of the molecule is BC(C)(C)c1ccnc(-c2cccc3c2oc2ccc4ccccc4c23)c1. The highest BCUT2D eigenvalue weighted by Crippen LogP contribution is 2.39. The molecule has 0 amide bonds. The molecule has 0 spiro atoms. The van der Waals surface area contributed by atoms with Crippen LogP contribution < -0.4 is 0 Å². The van der Waals surface area contributed by atoms with Gasteiger partial charge in [-0.1, -0.05) is 56.3 Å². The van der Waals surface area contributed by atoms with Crippen molar-refractivity contribution in [2.24, 2.45) is 0 Å². The molecule has 130 valence electrons. The monoisotopic (exact) mass is 349 g/mol. The van der Waals surface area contributed by atoms with Crippen LogP contribution in [0.15, 0.2) is 77.3 Å². The van der Waals surface area contributed by atoms with Crippen LogP contribution in [0.3, 0.4) is 0 Å². The smallest absolute Gasteiger partial charge is 0.144 e. The predicted octanol–water partition coefficient (Wildman–Crippen LogP) is 5.67. The van der Waals surface area contributed by atoms with E-state index in [1.165, 1.54) is 21.7 Å². The molecule has 2 heterocycles. The highest BCUT2D eigenvalue weighted by Gasteiger charge is 2.18. The summed E-state index contributed by atoms with van der Waals surface area (Å²) in [5, 5.41) is 4.85. The second-order valence-electron chi connectivity index (χ2n) is 8.12. The molecule has 0 aliphatic carbocycles. The largest absolute Gasteiger partial charge is 0.455 e. The number of nitrogens with zero attached hydrogens (tertiary/aromatic N) is 1. The Bertz CT molecular complexity index is 1310. The minimum atomic E-state index is 0.0790. The number of hydrogen-bond donors (Lipinski definition) is 0.